The summed E-state index contributed by atoms with van der Waals surface area (Å²) in [4.78, 5) is 13.8. The molecule has 0 radical (unpaired) electrons. The molecule has 0 unspecified atom stereocenters. The van der Waals surface area contributed by atoms with Crippen LogP contribution in [-0.2, 0) is 5.41 Å². The fraction of sp³-hybridized carbons (Fsp3) is 0.611. The number of benzene rings is 1. The Balaban J connectivity index is 1.63. The van der Waals surface area contributed by atoms with Crippen LogP contribution in [0.25, 0.3) is 0 Å². The number of hydrogen-bond acceptors (Lipinski definition) is 2. The quantitative estimate of drug-likeness (QED) is 0.775. The number of aldehydes is 1. The fourth-order valence-corrected chi connectivity index (χ4v) is 3.67. The molecule has 3 fully saturated rings. The van der Waals surface area contributed by atoms with Crippen molar-refractivity contribution in [3.05, 3.63) is 29.3 Å². The van der Waals surface area contributed by atoms with Crippen LogP contribution in [0.4, 0.5) is 5.69 Å². The van der Waals surface area contributed by atoms with Crippen LogP contribution in [0, 0.1) is 5.41 Å². The van der Waals surface area contributed by atoms with E-state index in [1.165, 1.54) is 49.8 Å². The van der Waals surface area contributed by atoms with Crippen molar-refractivity contribution < 1.29 is 4.79 Å². The van der Waals surface area contributed by atoms with E-state index < -0.39 is 0 Å². The van der Waals surface area contributed by atoms with Gasteiger partial charge in [-0.3, -0.25) is 4.79 Å². The van der Waals surface area contributed by atoms with Crippen molar-refractivity contribution in [3.63, 3.8) is 0 Å². The van der Waals surface area contributed by atoms with Crippen LogP contribution >= 0.6 is 0 Å². The smallest absolute Gasteiger partial charge is 0.152 e. The van der Waals surface area contributed by atoms with Crippen molar-refractivity contribution in [1.29, 1.82) is 0 Å². The van der Waals surface area contributed by atoms with Gasteiger partial charge in [0.25, 0.3) is 0 Å². The Morgan fingerprint density at radius 3 is 2.30 bits per heavy atom. The first-order valence-electron chi connectivity index (χ1n) is 7.99. The van der Waals surface area contributed by atoms with Gasteiger partial charge in [-0.05, 0) is 67.1 Å². The van der Waals surface area contributed by atoms with Crippen LogP contribution in [0.5, 0.6) is 0 Å². The normalized spacial score (nSPS) is 25.6. The van der Waals surface area contributed by atoms with Crippen LogP contribution in [0.2, 0.25) is 0 Å². The molecule has 1 aliphatic heterocycles. The molecule has 2 nitrogen and oxygen atoms in total. The standard InChI is InChI=1S/C18H23NO/c1-17(4-5-17)15-3-2-14(13-20)16(12-15)19-10-8-18(6-7-18)9-11-19/h2-3,12-13H,4-11H2,1H3. The maximum absolute atomic E-state index is 11.4. The minimum Gasteiger partial charge on any atom is -0.371 e. The average Bonchev–Trinajstić information content (AvgIpc) is 3.40. The molecule has 1 aromatic carbocycles. The zero-order chi connectivity index (χ0) is 13.8. The highest BCUT2D eigenvalue weighted by molar-refractivity contribution is 5.85. The number of carbonyl (C=O) groups excluding carboxylic acids is 1. The molecule has 106 valence electrons. The number of hydrogen-bond donors (Lipinski definition) is 0. The topological polar surface area (TPSA) is 20.3 Å². The van der Waals surface area contributed by atoms with Crippen LogP contribution in [0.3, 0.4) is 0 Å². The van der Waals surface area contributed by atoms with Gasteiger partial charge in [0.05, 0.1) is 0 Å². The maximum Gasteiger partial charge on any atom is 0.152 e. The van der Waals surface area contributed by atoms with E-state index in [0.29, 0.717) is 10.8 Å². The molecule has 2 heteroatoms. The van der Waals surface area contributed by atoms with Gasteiger partial charge in [-0.15, -0.1) is 0 Å². The van der Waals surface area contributed by atoms with Crippen LogP contribution < -0.4 is 4.90 Å². The molecule has 0 bridgehead atoms. The Morgan fingerprint density at radius 2 is 1.75 bits per heavy atom. The second kappa shape index (κ2) is 4.09. The van der Waals surface area contributed by atoms with Crippen molar-refractivity contribution in [2.45, 2.75) is 50.9 Å². The largest absolute Gasteiger partial charge is 0.371 e. The molecule has 1 spiro atoms. The van der Waals surface area contributed by atoms with Crippen LogP contribution in [-0.4, -0.2) is 19.4 Å². The predicted octanol–water partition coefficient (Wildman–Crippen LogP) is 3.93. The molecule has 1 heterocycles. The van der Waals surface area contributed by atoms with Crippen molar-refractivity contribution in [1.82, 2.24) is 0 Å². The van der Waals surface area contributed by atoms with Gasteiger partial charge in [0.2, 0.25) is 0 Å². The lowest BCUT2D eigenvalue weighted by atomic mass is 9.91. The second-order valence-electron chi connectivity index (χ2n) is 7.44. The number of carbonyl (C=O) groups is 1. The third kappa shape index (κ3) is 1.97. The van der Waals surface area contributed by atoms with E-state index in [1.807, 2.05) is 6.07 Å². The summed E-state index contributed by atoms with van der Waals surface area (Å²) in [5, 5.41) is 0. The summed E-state index contributed by atoms with van der Waals surface area (Å²) >= 11 is 0. The summed E-state index contributed by atoms with van der Waals surface area (Å²) in [7, 11) is 0. The maximum atomic E-state index is 11.4. The molecule has 4 rings (SSSR count). The zero-order valence-electron chi connectivity index (χ0n) is 12.3. The first-order chi connectivity index (χ1) is 9.64. The lowest BCUT2D eigenvalue weighted by Crippen LogP contribution is -2.35. The van der Waals surface area contributed by atoms with Crippen molar-refractivity contribution in [2.75, 3.05) is 18.0 Å². The Hall–Kier alpha value is -1.31. The average molecular weight is 269 g/mol. The lowest BCUT2D eigenvalue weighted by Gasteiger charge is -2.35. The zero-order valence-corrected chi connectivity index (χ0v) is 12.3. The first kappa shape index (κ1) is 12.4. The highest BCUT2D eigenvalue weighted by Gasteiger charge is 2.45. The molecular formula is C18H23NO. The van der Waals surface area contributed by atoms with Gasteiger partial charge in [-0.2, -0.15) is 0 Å². The van der Waals surface area contributed by atoms with E-state index in [2.05, 4.69) is 24.0 Å². The molecule has 20 heavy (non-hydrogen) atoms. The number of nitrogens with zero attached hydrogens (tertiary/aromatic N) is 1. The molecule has 2 saturated carbocycles. The second-order valence-corrected chi connectivity index (χ2v) is 7.44. The number of anilines is 1. The Bertz CT molecular complexity index is 545. The van der Waals surface area contributed by atoms with Gasteiger partial charge < -0.3 is 4.90 Å². The van der Waals surface area contributed by atoms with Crippen LogP contribution in [0.15, 0.2) is 18.2 Å². The van der Waals surface area contributed by atoms with Gasteiger partial charge in [-0.1, -0.05) is 13.0 Å². The van der Waals surface area contributed by atoms with E-state index in [9.17, 15) is 4.79 Å². The van der Waals surface area contributed by atoms with Crippen LogP contribution in [0.1, 0.15) is 61.4 Å². The number of piperidine rings is 1. The van der Waals surface area contributed by atoms with Gasteiger partial charge in [0.15, 0.2) is 6.29 Å². The highest BCUT2D eigenvalue weighted by Crippen LogP contribution is 2.54. The molecule has 0 amide bonds. The van der Waals surface area contributed by atoms with E-state index >= 15 is 0 Å². The monoisotopic (exact) mass is 269 g/mol. The van der Waals surface area contributed by atoms with Crippen molar-refractivity contribution >= 4 is 12.0 Å². The summed E-state index contributed by atoms with van der Waals surface area (Å²) in [6.07, 6.45) is 9.08. The Kier molecular flexibility index (Phi) is 2.55. The van der Waals surface area contributed by atoms with E-state index in [-0.39, 0.29) is 0 Å². The summed E-state index contributed by atoms with van der Waals surface area (Å²) in [6.45, 7) is 4.59. The van der Waals surface area contributed by atoms with Gasteiger partial charge in [-0.25, -0.2) is 0 Å². The minimum atomic E-state index is 0.379. The summed E-state index contributed by atoms with van der Waals surface area (Å²) in [5.41, 5.74) is 4.54. The Labute approximate surface area is 121 Å². The fourth-order valence-electron chi connectivity index (χ4n) is 3.67. The third-order valence-electron chi connectivity index (χ3n) is 5.98. The SMILES string of the molecule is CC1(c2ccc(C=O)c(N3CCC4(CC3)CC4)c2)CC1. The number of rotatable bonds is 3. The van der Waals surface area contributed by atoms with E-state index in [0.717, 1.165) is 24.9 Å². The van der Waals surface area contributed by atoms with E-state index in [4.69, 9.17) is 0 Å². The molecule has 0 aromatic heterocycles. The first-order valence-corrected chi connectivity index (χ1v) is 7.99. The van der Waals surface area contributed by atoms with Crippen molar-refractivity contribution in [2.24, 2.45) is 5.41 Å². The lowest BCUT2D eigenvalue weighted by molar-refractivity contribution is 0.112. The Morgan fingerprint density at radius 1 is 1.05 bits per heavy atom. The molecule has 1 saturated heterocycles. The molecule has 0 N–H and O–H groups in total. The molecule has 3 aliphatic rings. The van der Waals surface area contributed by atoms with Gasteiger partial charge in [0, 0.05) is 24.3 Å². The minimum absolute atomic E-state index is 0.379. The third-order valence-corrected chi connectivity index (χ3v) is 5.98. The molecule has 1 aromatic rings. The summed E-state index contributed by atoms with van der Waals surface area (Å²) in [5.74, 6) is 0. The highest BCUT2D eigenvalue weighted by atomic mass is 16.1. The van der Waals surface area contributed by atoms with Gasteiger partial charge in [0.1, 0.15) is 0 Å². The van der Waals surface area contributed by atoms with Crippen molar-refractivity contribution in [3.8, 4) is 0 Å². The molecule has 2 aliphatic carbocycles. The van der Waals surface area contributed by atoms with E-state index in [1.54, 1.807) is 0 Å². The molecular weight excluding hydrogens is 246 g/mol. The summed E-state index contributed by atoms with van der Waals surface area (Å²) in [6, 6.07) is 6.48. The molecule has 0 atom stereocenters. The van der Waals surface area contributed by atoms with Gasteiger partial charge >= 0.3 is 0 Å². The predicted molar refractivity (Wildman–Crippen MR) is 81.5 cm³/mol. The summed E-state index contributed by atoms with van der Waals surface area (Å²) < 4.78 is 0.